The van der Waals surface area contributed by atoms with Crippen LogP contribution in [0.15, 0.2) is 71.6 Å². The molecule has 0 bridgehead atoms. The summed E-state index contributed by atoms with van der Waals surface area (Å²) in [7, 11) is -2.14. The number of ether oxygens (including phenoxy) is 2. The number of amides is 1. The van der Waals surface area contributed by atoms with Gasteiger partial charge < -0.3 is 14.8 Å². The van der Waals surface area contributed by atoms with Gasteiger partial charge in [-0.3, -0.25) is 4.79 Å². The molecule has 35 heavy (non-hydrogen) atoms. The summed E-state index contributed by atoms with van der Waals surface area (Å²) in [4.78, 5) is 13.4. The molecule has 9 heteroatoms. The molecule has 1 aliphatic heterocycles. The zero-order valence-electron chi connectivity index (χ0n) is 19.5. The Morgan fingerprint density at radius 1 is 1.03 bits per heavy atom. The van der Waals surface area contributed by atoms with E-state index in [4.69, 9.17) is 21.1 Å². The van der Waals surface area contributed by atoms with Crippen molar-refractivity contribution in [1.82, 2.24) is 4.31 Å². The molecule has 1 heterocycles. The summed E-state index contributed by atoms with van der Waals surface area (Å²) in [5, 5.41) is 3.32. The van der Waals surface area contributed by atoms with E-state index in [9.17, 15) is 13.2 Å². The second-order valence-corrected chi connectivity index (χ2v) is 10.8. The molecule has 1 N–H and O–H groups in total. The summed E-state index contributed by atoms with van der Waals surface area (Å²) in [6, 6.07) is 18.8. The Labute approximate surface area is 210 Å². The number of carbonyl (C=O) groups is 1. The van der Waals surface area contributed by atoms with Crippen molar-refractivity contribution in [3.8, 4) is 17.2 Å². The molecule has 1 fully saturated rings. The number of halogens is 1. The standard InChI is InChI=1S/C26H27ClN2O5S/c1-18-9-12-21(13-10-18)35(31,32)29-15-5-6-19(17-29)26(30)28-22-16-20(27)11-14-23(22)34-25-8-4-3-7-24(25)33-2/h3-4,7-14,16,19H,5-6,15,17H2,1-2H3,(H,28,30)/t19-/m1/s1. The fourth-order valence-corrected chi connectivity index (χ4v) is 5.68. The quantitative estimate of drug-likeness (QED) is 0.450. The number of anilines is 1. The van der Waals surface area contributed by atoms with Gasteiger partial charge in [-0.1, -0.05) is 41.4 Å². The summed E-state index contributed by atoms with van der Waals surface area (Å²) in [5.74, 6) is 0.625. The van der Waals surface area contributed by atoms with Crippen LogP contribution in [0, 0.1) is 12.8 Å². The van der Waals surface area contributed by atoms with Gasteiger partial charge in [0.05, 0.1) is 23.6 Å². The van der Waals surface area contributed by atoms with Gasteiger partial charge in [0, 0.05) is 18.1 Å². The average molecular weight is 515 g/mol. The first-order valence-electron chi connectivity index (χ1n) is 11.3. The first-order chi connectivity index (χ1) is 16.8. The van der Waals surface area contributed by atoms with Gasteiger partial charge in [0.2, 0.25) is 15.9 Å². The SMILES string of the molecule is COc1ccccc1Oc1ccc(Cl)cc1NC(=O)[C@@H]1CCCN(S(=O)(=O)c2ccc(C)cc2)C1. The predicted molar refractivity (Wildman–Crippen MR) is 136 cm³/mol. The van der Waals surface area contributed by atoms with E-state index in [1.54, 1.807) is 61.7 Å². The van der Waals surface area contributed by atoms with Crippen molar-refractivity contribution >= 4 is 33.2 Å². The minimum atomic E-state index is -3.69. The molecule has 3 aromatic rings. The van der Waals surface area contributed by atoms with E-state index in [0.29, 0.717) is 47.3 Å². The molecule has 1 amide bonds. The number of nitrogens with one attached hydrogen (secondary N) is 1. The highest BCUT2D eigenvalue weighted by Gasteiger charge is 2.33. The zero-order chi connectivity index (χ0) is 25.0. The number of benzene rings is 3. The van der Waals surface area contributed by atoms with Crippen molar-refractivity contribution in [1.29, 1.82) is 0 Å². The number of hydrogen-bond donors (Lipinski definition) is 1. The molecule has 0 radical (unpaired) electrons. The van der Waals surface area contributed by atoms with E-state index in [-0.39, 0.29) is 17.3 Å². The highest BCUT2D eigenvalue weighted by atomic mass is 35.5. The number of sulfonamides is 1. The smallest absolute Gasteiger partial charge is 0.243 e. The molecule has 0 saturated carbocycles. The highest BCUT2D eigenvalue weighted by molar-refractivity contribution is 7.89. The maximum atomic E-state index is 13.2. The molecular weight excluding hydrogens is 488 g/mol. The second-order valence-electron chi connectivity index (χ2n) is 8.40. The molecule has 7 nitrogen and oxygen atoms in total. The third-order valence-corrected chi connectivity index (χ3v) is 8.02. The number of carbonyl (C=O) groups excluding carboxylic acids is 1. The summed E-state index contributed by atoms with van der Waals surface area (Å²) in [6.07, 6.45) is 1.16. The summed E-state index contributed by atoms with van der Waals surface area (Å²) < 4.78 is 39.0. The molecule has 0 spiro atoms. The van der Waals surface area contributed by atoms with E-state index >= 15 is 0 Å². The van der Waals surface area contributed by atoms with E-state index in [1.807, 2.05) is 19.1 Å². The second kappa shape index (κ2) is 10.7. The van der Waals surface area contributed by atoms with Crippen LogP contribution in [0.5, 0.6) is 17.2 Å². The third kappa shape index (κ3) is 5.78. The average Bonchev–Trinajstić information content (AvgIpc) is 2.86. The third-order valence-electron chi connectivity index (χ3n) is 5.90. The zero-order valence-corrected chi connectivity index (χ0v) is 21.1. The number of nitrogens with zero attached hydrogens (tertiary/aromatic N) is 1. The Balaban J connectivity index is 1.51. The Kier molecular flexibility index (Phi) is 7.64. The maximum absolute atomic E-state index is 13.2. The summed E-state index contributed by atoms with van der Waals surface area (Å²) in [5.41, 5.74) is 1.37. The lowest BCUT2D eigenvalue weighted by molar-refractivity contribution is -0.120. The molecule has 0 unspecified atom stereocenters. The molecular formula is C26H27ClN2O5S. The Bertz CT molecular complexity index is 1310. The highest BCUT2D eigenvalue weighted by Crippen LogP contribution is 2.37. The van der Waals surface area contributed by atoms with Crippen LogP contribution in [-0.4, -0.2) is 38.8 Å². The number of hydrogen-bond acceptors (Lipinski definition) is 5. The molecule has 0 aromatic heterocycles. The number of piperidine rings is 1. The van der Waals surface area contributed by atoms with Gasteiger partial charge in [-0.05, 0) is 62.2 Å². The number of para-hydroxylation sites is 2. The van der Waals surface area contributed by atoms with Crippen LogP contribution >= 0.6 is 11.6 Å². The molecule has 1 atom stereocenters. The largest absolute Gasteiger partial charge is 0.493 e. The van der Waals surface area contributed by atoms with Crippen LogP contribution in [0.3, 0.4) is 0 Å². The Hall–Kier alpha value is -3.07. The molecule has 0 aliphatic carbocycles. The van der Waals surface area contributed by atoms with Crippen molar-refractivity contribution in [2.45, 2.75) is 24.7 Å². The molecule has 1 aliphatic rings. The Morgan fingerprint density at radius 3 is 2.46 bits per heavy atom. The van der Waals surface area contributed by atoms with Gasteiger partial charge in [-0.2, -0.15) is 4.31 Å². The van der Waals surface area contributed by atoms with E-state index < -0.39 is 15.9 Å². The maximum Gasteiger partial charge on any atom is 0.243 e. The topological polar surface area (TPSA) is 84.9 Å². The first kappa shape index (κ1) is 25.0. The minimum Gasteiger partial charge on any atom is -0.493 e. The van der Waals surface area contributed by atoms with Crippen molar-refractivity contribution < 1.29 is 22.7 Å². The van der Waals surface area contributed by atoms with Crippen molar-refractivity contribution in [3.05, 3.63) is 77.3 Å². The van der Waals surface area contributed by atoms with Crippen LogP contribution in [0.4, 0.5) is 5.69 Å². The minimum absolute atomic E-state index is 0.102. The van der Waals surface area contributed by atoms with E-state index in [1.165, 1.54) is 4.31 Å². The molecule has 4 rings (SSSR count). The summed E-state index contributed by atoms with van der Waals surface area (Å²) >= 11 is 6.19. The Morgan fingerprint density at radius 2 is 1.74 bits per heavy atom. The van der Waals surface area contributed by atoms with Crippen molar-refractivity contribution in [2.24, 2.45) is 5.92 Å². The van der Waals surface area contributed by atoms with Crippen LogP contribution < -0.4 is 14.8 Å². The molecule has 184 valence electrons. The van der Waals surface area contributed by atoms with Gasteiger partial charge in [0.1, 0.15) is 0 Å². The molecule has 1 saturated heterocycles. The lowest BCUT2D eigenvalue weighted by Gasteiger charge is -2.31. The van der Waals surface area contributed by atoms with Crippen LogP contribution in [0.2, 0.25) is 5.02 Å². The monoisotopic (exact) mass is 514 g/mol. The number of rotatable bonds is 7. The fourth-order valence-electron chi connectivity index (χ4n) is 3.98. The van der Waals surface area contributed by atoms with Crippen LogP contribution in [0.1, 0.15) is 18.4 Å². The first-order valence-corrected chi connectivity index (χ1v) is 13.1. The fraction of sp³-hybridized carbons (Fsp3) is 0.269. The van der Waals surface area contributed by atoms with Crippen LogP contribution in [-0.2, 0) is 14.8 Å². The number of aryl methyl sites for hydroxylation is 1. The lowest BCUT2D eigenvalue weighted by Crippen LogP contribution is -2.43. The molecule has 3 aromatic carbocycles. The number of methoxy groups -OCH3 is 1. The van der Waals surface area contributed by atoms with Crippen molar-refractivity contribution in [2.75, 3.05) is 25.5 Å². The normalized spacial score (nSPS) is 16.5. The van der Waals surface area contributed by atoms with Crippen LogP contribution in [0.25, 0.3) is 0 Å². The van der Waals surface area contributed by atoms with Gasteiger partial charge in [-0.25, -0.2) is 8.42 Å². The summed E-state index contributed by atoms with van der Waals surface area (Å²) in [6.45, 7) is 2.38. The van der Waals surface area contributed by atoms with E-state index in [0.717, 1.165) is 5.56 Å². The van der Waals surface area contributed by atoms with E-state index in [2.05, 4.69) is 5.32 Å². The van der Waals surface area contributed by atoms with Gasteiger partial charge in [0.25, 0.3) is 0 Å². The van der Waals surface area contributed by atoms with Gasteiger partial charge in [0.15, 0.2) is 17.2 Å². The lowest BCUT2D eigenvalue weighted by atomic mass is 9.98. The predicted octanol–water partition coefficient (Wildman–Crippen LogP) is 5.49. The van der Waals surface area contributed by atoms with Gasteiger partial charge in [-0.15, -0.1) is 0 Å². The van der Waals surface area contributed by atoms with Crippen molar-refractivity contribution in [3.63, 3.8) is 0 Å². The van der Waals surface area contributed by atoms with Gasteiger partial charge >= 0.3 is 0 Å².